The monoisotopic (exact) mass is 306 g/mol. The van der Waals surface area contributed by atoms with Crippen molar-refractivity contribution in [3.05, 3.63) is 22.8 Å². The maximum Gasteiger partial charge on any atom is 0.140 e. The molecule has 1 aromatic heterocycles. The molecule has 0 radical (unpaired) electrons. The van der Waals surface area contributed by atoms with Gasteiger partial charge in [0.15, 0.2) is 0 Å². The van der Waals surface area contributed by atoms with Crippen LogP contribution in [0.5, 0.6) is 5.75 Å². The first kappa shape index (κ1) is 16.7. The second-order valence-electron chi connectivity index (χ2n) is 5.62. The molecule has 0 unspecified atom stereocenters. The highest BCUT2D eigenvalue weighted by Gasteiger charge is 2.21. The van der Waals surface area contributed by atoms with Crippen LogP contribution in [0.2, 0.25) is 0 Å². The molecule has 0 atom stereocenters. The number of methoxy groups -OCH3 is 1. The zero-order chi connectivity index (χ0) is 16.1. The fourth-order valence-corrected chi connectivity index (χ4v) is 2.95. The molecule has 0 saturated carbocycles. The van der Waals surface area contributed by atoms with Gasteiger partial charge in [0.25, 0.3) is 0 Å². The van der Waals surface area contributed by atoms with Gasteiger partial charge in [0, 0.05) is 26.2 Å². The number of hydrogen-bond donors (Lipinski definition) is 2. The second-order valence-corrected chi connectivity index (χ2v) is 5.62. The van der Waals surface area contributed by atoms with Crippen molar-refractivity contribution in [3.8, 4) is 5.75 Å². The molecule has 6 nitrogen and oxygen atoms in total. The van der Waals surface area contributed by atoms with E-state index in [1.807, 2.05) is 19.9 Å². The summed E-state index contributed by atoms with van der Waals surface area (Å²) in [6.07, 6.45) is 3.61. The van der Waals surface area contributed by atoms with Gasteiger partial charge in [0.1, 0.15) is 11.2 Å². The zero-order valence-corrected chi connectivity index (χ0v) is 13.7. The summed E-state index contributed by atoms with van der Waals surface area (Å²) in [5.74, 6) is 0.740. The predicted molar refractivity (Wildman–Crippen MR) is 85.7 cm³/mol. The Morgan fingerprint density at radius 3 is 2.59 bits per heavy atom. The Balaban J connectivity index is 2.18. The summed E-state index contributed by atoms with van der Waals surface area (Å²) in [6, 6.07) is 1.88. The van der Waals surface area contributed by atoms with Crippen molar-refractivity contribution < 1.29 is 9.47 Å². The van der Waals surface area contributed by atoms with Crippen LogP contribution in [-0.4, -0.2) is 48.7 Å². The normalized spacial score (nSPS) is 16.7. The summed E-state index contributed by atoms with van der Waals surface area (Å²) < 4.78 is 12.7. The van der Waals surface area contributed by atoms with Crippen LogP contribution in [0, 0.1) is 17.7 Å². The van der Waals surface area contributed by atoms with Crippen molar-refractivity contribution in [2.75, 3.05) is 26.8 Å². The SMILES string of the molecule is CCOC1CCN(Cc2c(OC)cc(C)c(=N)n2C=N)CC1. The highest BCUT2D eigenvalue weighted by atomic mass is 16.5. The van der Waals surface area contributed by atoms with Crippen molar-refractivity contribution in [1.82, 2.24) is 9.47 Å². The van der Waals surface area contributed by atoms with Gasteiger partial charge in [0.2, 0.25) is 0 Å². The zero-order valence-electron chi connectivity index (χ0n) is 13.7. The molecule has 2 heterocycles. The van der Waals surface area contributed by atoms with Gasteiger partial charge in [-0.3, -0.25) is 20.3 Å². The van der Waals surface area contributed by atoms with Crippen LogP contribution in [0.3, 0.4) is 0 Å². The van der Waals surface area contributed by atoms with Crippen LogP contribution in [-0.2, 0) is 11.3 Å². The molecule has 1 aliphatic rings. The fraction of sp³-hybridized carbons (Fsp3) is 0.625. The number of rotatable bonds is 6. The smallest absolute Gasteiger partial charge is 0.140 e. The third-order valence-corrected chi connectivity index (χ3v) is 4.20. The van der Waals surface area contributed by atoms with Crippen molar-refractivity contribution >= 4 is 6.34 Å². The van der Waals surface area contributed by atoms with E-state index < -0.39 is 0 Å². The Labute approximate surface area is 131 Å². The molecule has 122 valence electrons. The molecule has 1 aliphatic heterocycles. The Morgan fingerprint density at radius 1 is 1.36 bits per heavy atom. The number of pyridine rings is 1. The van der Waals surface area contributed by atoms with Crippen molar-refractivity contribution in [2.24, 2.45) is 0 Å². The van der Waals surface area contributed by atoms with Crippen LogP contribution >= 0.6 is 0 Å². The molecule has 0 spiro atoms. The van der Waals surface area contributed by atoms with Gasteiger partial charge in [0.05, 0.1) is 25.2 Å². The Bertz CT molecular complexity index is 574. The van der Waals surface area contributed by atoms with Crippen LogP contribution in [0.15, 0.2) is 6.07 Å². The van der Waals surface area contributed by atoms with E-state index in [-0.39, 0.29) is 0 Å². The largest absolute Gasteiger partial charge is 0.495 e. The minimum Gasteiger partial charge on any atom is -0.495 e. The average Bonchev–Trinajstić information content (AvgIpc) is 2.53. The maximum absolute atomic E-state index is 8.13. The molecular formula is C16H26N4O2. The lowest BCUT2D eigenvalue weighted by atomic mass is 10.1. The van der Waals surface area contributed by atoms with E-state index in [9.17, 15) is 0 Å². The summed E-state index contributed by atoms with van der Waals surface area (Å²) in [5, 5.41) is 15.8. The lowest BCUT2D eigenvalue weighted by Crippen LogP contribution is -2.38. The van der Waals surface area contributed by atoms with E-state index >= 15 is 0 Å². The molecule has 1 saturated heterocycles. The number of aromatic nitrogens is 1. The van der Waals surface area contributed by atoms with Gasteiger partial charge in [-0.05, 0) is 38.3 Å². The van der Waals surface area contributed by atoms with Crippen LogP contribution < -0.4 is 10.2 Å². The molecule has 22 heavy (non-hydrogen) atoms. The molecule has 0 aliphatic carbocycles. The van der Waals surface area contributed by atoms with E-state index in [2.05, 4.69) is 4.90 Å². The topological polar surface area (TPSA) is 74.3 Å². The first-order valence-corrected chi connectivity index (χ1v) is 7.78. The highest BCUT2D eigenvalue weighted by Crippen LogP contribution is 2.22. The van der Waals surface area contributed by atoms with Crippen molar-refractivity contribution in [1.29, 1.82) is 10.8 Å². The molecular weight excluding hydrogens is 280 g/mol. The fourth-order valence-electron chi connectivity index (χ4n) is 2.95. The molecule has 2 rings (SSSR count). The van der Waals surface area contributed by atoms with E-state index in [0.717, 1.165) is 49.5 Å². The van der Waals surface area contributed by atoms with E-state index in [1.165, 1.54) is 6.34 Å². The number of hydrogen-bond acceptors (Lipinski definition) is 5. The first-order valence-electron chi connectivity index (χ1n) is 7.78. The van der Waals surface area contributed by atoms with Crippen LogP contribution in [0.25, 0.3) is 0 Å². The molecule has 0 aromatic carbocycles. The van der Waals surface area contributed by atoms with Crippen LogP contribution in [0.4, 0.5) is 0 Å². The van der Waals surface area contributed by atoms with E-state index in [1.54, 1.807) is 11.7 Å². The molecule has 0 bridgehead atoms. The predicted octanol–water partition coefficient (Wildman–Crippen LogP) is 1.74. The molecule has 1 fully saturated rings. The second kappa shape index (κ2) is 7.56. The average molecular weight is 306 g/mol. The third kappa shape index (κ3) is 3.56. The summed E-state index contributed by atoms with van der Waals surface area (Å²) >= 11 is 0. The quantitative estimate of drug-likeness (QED) is 0.621. The Hall–Kier alpha value is -1.66. The summed E-state index contributed by atoms with van der Waals surface area (Å²) in [7, 11) is 1.64. The minimum atomic E-state index is 0.343. The van der Waals surface area contributed by atoms with Gasteiger partial charge in [-0.25, -0.2) is 0 Å². The standard InChI is InChI=1S/C16H26N4O2/c1-4-22-13-5-7-19(8-6-13)10-14-15(21-3)9-12(2)16(18)20(14)11-17/h9,11,13,17-18H,4-8,10H2,1-3H3. The number of nitrogens with one attached hydrogen (secondary N) is 2. The Kier molecular flexibility index (Phi) is 5.74. The van der Waals surface area contributed by atoms with Crippen LogP contribution in [0.1, 0.15) is 31.0 Å². The number of likely N-dealkylation sites (tertiary alicyclic amines) is 1. The number of aryl methyl sites for hydroxylation is 1. The first-order chi connectivity index (χ1) is 10.6. The molecule has 2 N–H and O–H groups in total. The van der Waals surface area contributed by atoms with Gasteiger partial charge >= 0.3 is 0 Å². The summed E-state index contributed by atoms with van der Waals surface area (Å²) in [6.45, 7) is 7.28. The summed E-state index contributed by atoms with van der Waals surface area (Å²) in [5.41, 5.74) is 2.01. The van der Waals surface area contributed by atoms with Gasteiger partial charge < -0.3 is 9.47 Å². The van der Waals surface area contributed by atoms with E-state index in [0.29, 0.717) is 18.1 Å². The number of ether oxygens (including phenoxy) is 2. The third-order valence-electron chi connectivity index (χ3n) is 4.20. The lowest BCUT2D eigenvalue weighted by Gasteiger charge is -2.32. The number of nitrogens with zero attached hydrogens (tertiary/aromatic N) is 2. The lowest BCUT2D eigenvalue weighted by molar-refractivity contribution is 0.0120. The number of piperidine rings is 1. The minimum absolute atomic E-state index is 0.343. The van der Waals surface area contributed by atoms with Crippen molar-refractivity contribution in [3.63, 3.8) is 0 Å². The highest BCUT2D eigenvalue weighted by molar-refractivity contribution is 5.58. The van der Waals surface area contributed by atoms with Gasteiger partial charge in [-0.1, -0.05) is 0 Å². The van der Waals surface area contributed by atoms with Gasteiger partial charge in [-0.15, -0.1) is 0 Å². The van der Waals surface area contributed by atoms with Crippen molar-refractivity contribution in [2.45, 2.75) is 39.3 Å². The molecule has 6 heteroatoms. The summed E-state index contributed by atoms with van der Waals surface area (Å²) in [4.78, 5) is 2.34. The van der Waals surface area contributed by atoms with E-state index in [4.69, 9.17) is 20.3 Å². The molecule has 1 aromatic rings. The Morgan fingerprint density at radius 2 is 2.05 bits per heavy atom. The molecule has 0 amide bonds. The van der Waals surface area contributed by atoms with Gasteiger partial charge in [-0.2, -0.15) is 0 Å². The maximum atomic E-state index is 8.13.